The summed E-state index contributed by atoms with van der Waals surface area (Å²) in [6, 6.07) is 14.1. The summed E-state index contributed by atoms with van der Waals surface area (Å²) in [5.41, 5.74) is 2.56. The van der Waals surface area contributed by atoms with Gasteiger partial charge in [-0.2, -0.15) is 18.3 Å². The van der Waals surface area contributed by atoms with E-state index in [0.29, 0.717) is 41.1 Å². The van der Waals surface area contributed by atoms with Crippen molar-refractivity contribution in [1.29, 1.82) is 0 Å². The number of para-hydroxylation sites is 1. The number of hydrogen-bond donors (Lipinski definition) is 4. The van der Waals surface area contributed by atoms with E-state index in [0.717, 1.165) is 23.5 Å². The molecular formula is C28H29F3N8O. The van der Waals surface area contributed by atoms with Crippen LogP contribution < -0.4 is 15.5 Å². The van der Waals surface area contributed by atoms with Crippen molar-refractivity contribution in [2.75, 3.05) is 49.3 Å². The van der Waals surface area contributed by atoms with Crippen molar-refractivity contribution in [3.8, 4) is 0 Å². The van der Waals surface area contributed by atoms with Crippen LogP contribution in [0.2, 0.25) is 0 Å². The second-order valence-electron chi connectivity index (χ2n) is 9.65. The number of halogens is 3. The summed E-state index contributed by atoms with van der Waals surface area (Å²) in [7, 11) is 3.95. The van der Waals surface area contributed by atoms with Gasteiger partial charge in [-0.15, -0.1) is 0 Å². The maximum absolute atomic E-state index is 13.6. The van der Waals surface area contributed by atoms with Crippen LogP contribution in [0.1, 0.15) is 22.8 Å². The molecule has 208 valence electrons. The van der Waals surface area contributed by atoms with Gasteiger partial charge < -0.3 is 25.4 Å². The van der Waals surface area contributed by atoms with Crippen molar-refractivity contribution in [2.24, 2.45) is 0 Å². The topological polar surface area (TPSA) is 105 Å². The Morgan fingerprint density at radius 2 is 1.82 bits per heavy atom. The lowest BCUT2D eigenvalue weighted by Gasteiger charge is -2.27. The van der Waals surface area contributed by atoms with Crippen molar-refractivity contribution < 1.29 is 18.0 Å². The highest BCUT2D eigenvalue weighted by molar-refractivity contribution is 6.11. The zero-order chi connectivity index (χ0) is 28.4. The molecule has 9 nitrogen and oxygen atoms in total. The number of benzene rings is 3. The van der Waals surface area contributed by atoms with E-state index in [1.54, 1.807) is 24.4 Å². The summed E-state index contributed by atoms with van der Waals surface area (Å²) in [6.45, 7) is 4.06. The number of alkyl halides is 3. The second-order valence-corrected chi connectivity index (χ2v) is 9.65. The van der Waals surface area contributed by atoms with Gasteiger partial charge in [0.2, 0.25) is 5.95 Å². The van der Waals surface area contributed by atoms with E-state index in [-0.39, 0.29) is 17.5 Å². The molecule has 0 aliphatic carbocycles. The Hall–Kier alpha value is -4.58. The van der Waals surface area contributed by atoms with Gasteiger partial charge in [0.25, 0.3) is 5.91 Å². The Balaban J connectivity index is 1.53. The summed E-state index contributed by atoms with van der Waals surface area (Å²) in [5, 5.41) is 13.5. The van der Waals surface area contributed by atoms with E-state index in [1.807, 2.05) is 33.2 Å². The number of anilines is 4. The lowest BCUT2D eigenvalue weighted by atomic mass is 10.1. The van der Waals surface area contributed by atoms with Crippen LogP contribution in [-0.2, 0) is 6.18 Å². The third-order valence-electron chi connectivity index (χ3n) is 6.57. The number of nitrogens with zero attached hydrogens (tertiary/aromatic N) is 4. The lowest BCUT2D eigenvalue weighted by Crippen LogP contribution is -2.33. The van der Waals surface area contributed by atoms with Crippen molar-refractivity contribution in [3.63, 3.8) is 0 Å². The van der Waals surface area contributed by atoms with Crippen molar-refractivity contribution >= 4 is 50.9 Å². The zero-order valence-electron chi connectivity index (χ0n) is 22.2. The minimum absolute atomic E-state index is 0.123. The Kier molecular flexibility index (Phi) is 7.35. The number of carbonyl (C=O) groups excluding carboxylic acids is 1. The predicted molar refractivity (Wildman–Crippen MR) is 151 cm³/mol. The van der Waals surface area contributed by atoms with E-state index in [2.05, 4.69) is 40.6 Å². The van der Waals surface area contributed by atoms with E-state index in [1.165, 1.54) is 18.2 Å². The minimum atomic E-state index is -4.53. The monoisotopic (exact) mass is 550 g/mol. The van der Waals surface area contributed by atoms with Crippen molar-refractivity contribution in [2.45, 2.75) is 13.1 Å². The third-order valence-corrected chi connectivity index (χ3v) is 6.57. The van der Waals surface area contributed by atoms with Gasteiger partial charge in [-0.25, -0.2) is 4.98 Å². The number of fused-ring (bicyclic) bond motifs is 2. The molecule has 0 radical (unpaired) electrons. The number of rotatable bonds is 9. The fraction of sp³-hybridized carbons (Fsp3) is 0.250. The molecule has 4 N–H and O–H groups in total. The molecule has 2 aromatic heterocycles. The Morgan fingerprint density at radius 3 is 2.58 bits per heavy atom. The number of aromatic amines is 2. The van der Waals surface area contributed by atoms with Gasteiger partial charge >= 0.3 is 6.18 Å². The van der Waals surface area contributed by atoms with Crippen LogP contribution in [0.5, 0.6) is 0 Å². The number of H-pyrrole nitrogens is 2. The molecule has 12 heteroatoms. The number of aromatic nitrogens is 4. The lowest BCUT2D eigenvalue weighted by molar-refractivity contribution is -0.136. The normalized spacial score (nSPS) is 11.9. The molecule has 0 fully saturated rings. The highest BCUT2D eigenvalue weighted by atomic mass is 19.4. The first-order chi connectivity index (χ1) is 19.1. The van der Waals surface area contributed by atoms with Crippen LogP contribution in [0.4, 0.5) is 36.2 Å². The standard InChI is InChI=1S/C28H29F3N8O/c1-4-39(12-11-38(2)3)25-15-24-23(35-27(36-24)34-21-8-6-5-7-20(21)28(29,30)31)14-19(25)26(40)33-18-10-9-17-16-32-37-22(17)13-18/h5-10,13-16H,4,11-12H2,1-3H3,(H,32,37)(H,33,40)(H2,34,35,36). The Bertz CT molecular complexity index is 1660. The molecule has 3 aromatic carbocycles. The quantitative estimate of drug-likeness (QED) is 0.184. The maximum Gasteiger partial charge on any atom is 0.418 e. The molecule has 0 saturated heterocycles. The summed E-state index contributed by atoms with van der Waals surface area (Å²) >= 11 is 0. The Labute approximate surface area is 228 Å². The molecule has 0 aliphatic heterocycles. The molecule has 5 rings (SSSR count). The van der Waals surface area contributed by atoms with Crippen LogP contribution in [0.25, 0.3) is 21.9 Å². The van der Waals surface area contributed by atoms with Crippen LogP contribution in [0.15, 0.2) is 60.8 Å². The number of imidazole rings is 1. The van der Waals surface area contributed by atoms with Gasteiger partial charge in [0.1, 0.15) is 0 Å². The SMILES string of the molecule is CCN(CCN(C)C)c1cc2[nH]c(Nc3ccccc3C(F)(F)F)nc2cc1C(=O)Nc1ccc2cn[nH]c2c1. The molecule has 0 aliphatic rings. The summed E-state index contributed by atoms with van der Waals surface area (Å²) in [5.74, 6) is -0.199. The van der Waals surface area contributed by atoms with E-state index in [9.17, 15) is 18.0 Å². The largest absolute Gasteiger partial charge is 0.418 e. The molecule has 40 heavy (non-hydrogen) atoms. The third kappa shape index (κ3) is 5.71. The van der Waals surface area contributed by atoms with Gasteiger partial charge in [0.15, 0.2) is 0 Å². The smallest absolute Gasteiger partial charge is 0.370 e. The first-order valence-electron chi connectivity index (χ1n) is 12.7. The van der Waals surface area contributed by atoms with Crippen LogP contribution in [-0.4, -0.2) is 64.7 Å². The first-order valence-corrected chi connectivity index (χ1v) is 12.7. The molecule has 5 aromatic rings. The first kappa shape index (κ1) is 27.0. The molecule has 0 unspecified atom stereocenters. The minimum Gasteiger partial charge on any atom is -0.370 e. The molecule has 0 bridgehead atoms. The summed E-state index contributed by atoms with van der Waals surface area (Å²) in [6.07, 6.45) is -2.82. The average Bonchev–Trinajstić information content (AvgIpc) is 3.53. The predicted octanol–water partition coefficient (Wildman–Crippen LogP) is 5.84. The van der Waals surface area contributed by atoms with Crippen molar-refractivity contribution in [1.82, 2.24) is 25.1 Å². The molecule has 0 spiro atoms. The highest BCUT2D eigenvalue weighted by Gasteiger charge is 2.33. The van der Waals surface area contributed by atoms with Gasteiger partial charge in [0, 0.05) is 30.7 Å². The van der Waals surface area contributed by atoms with E-state index >= 15 is 0 Å². The molecular weight excluding hydrogens is 521 g/mol. The van der Waals surface area contributed by atoms with Gasteiger partial charge in [0.05, 0.1) is 45.2 Å². The fourth-order valence-corrected chi connectivity index (χ4v) is 4.50. The van der Waals surface area contributed by atoms with Gasteiger partial charge in [-0.3, -0.25) is 9.89 Å². The summed E-state index contributed by atoms with van der Waals surface area (Å²) < 4.78 is 40.6. The van der Waals surface area contributed by atoms with Crippen LogP contribution in [0, 0.1) is 0 Å². The second kappa shape index (κ2) is 10.9. The van der Waals surface area contributed by atoms with E-state index in [4.69, 9.17) is 0 Å². The molecule has 2 heterocycles. The fourth-order valence-electron chi connectivity index (χ4n) is 4.50. The average molecular weight is 551 g/mol. The summed E-state index contributed by atoms with van der Waals surface area (Å²) in [4.78, 5) is 25.3. The number of likely N-dealkylation sites (N-methyl/N-ethyl adjacent to an activating group) is 2. The number of hydrogen-bond acceptors (Lipinski definition) is 6. The molecule has 1 amide bonds. The van der Waals surface area contributed by atoms with Crippen LogP contribution >= 0.6 is 0 Å². The highest BCUT2D eigenvalue weighted by Crippen LogP contribution is 2.36. The molecule has 0 saturated carbocycles. The number of carbonyl (C=O) groups is 1. The number of nitrogens with one attached hydrogen (secondary N) is 4. The maximum atomic E-state index is 13.6. The molecule has 0 atom stereocenters. The van der Waals surface area contributed by atoms with Crippen molar-refractivity contribution in [3.05, 3.63) is 71.9 Å². The van der Waals surface area contributed by atoms with E-state index < -0.39 is 11.7 Å². The van der Waals surface area contributed by atoms with Gasteiger partial charge in [-0.05, 0) is 63.5 Å². The zero-order valence-corrected chi connectivity index (χ0v) is 22.2. The van der Waals surface area contributed by atoms with Crippen LogP contribution in [0.3, 0.4) is 0 Å². The Morgan fingerprint density at radius 1 is 1.02 bits per heavy atom. The van der Waals surface area contributed by atoms with Gasteiger partial charge in [-0.1, -0.05) is 12.1 Å². The number of amides is 1.